The number of alkyl halides is 3. The highest BCUT2D eigenvalue weighted by atomic mass is 19.4. The van der Waals surface area contributed by atoms with E-state index in [1.165, 1.54) is 0 Å². The minimum atomic E-state index is -4.34. The van der Waals surface area contributed by atoms with E-state index in [-0.39, 0.29) is 6.54 Å². The lowest BCUT2D eigenvalue weighted by Crippen LogP contribution is -2.34. The van der Waals surface area contributed by atoms with E-state index < -0.39 is 18.6 Å². The molecule has 18 heavy (non-hydrogen) atoms. The molecule has 0 spiro atoms. The summed E-state index contributed by atoms with van der Waals surface area (Å²) in [6.07, 6.45) is -4.34. The van der Waals surface area contributed by atoms with Gasteiger partial charge in [-0.2, -0.15) is 13.2 Å². The molecule has 0 N–H and O–H groups in total. The smallest absolute Gasteiger partial charge is 0.325 e. The predicted octanol–water partition coefficient (Wildman–Crippen LogP) is 3.54. The Morgan fingerprint density at radius 3 is 2.44 bits per heavy atom. The zero-order valence-electron chi connectivity index (χ0n) is 10.6. The van der Waals surface area contributed by atoms with Crippen LogP contribution in [0.15, 0.2) is 18.2 Å². The number of carbonyl (C=O) groups is 1. The van der Waals surface area contributed by atoms with Crippen molar-refractivity contribution in [3.8, 4) is 0 Å². The number of aryl methyl sites for hydroxylation is 1. The second kappa shape index (κ2) is 5.42. The molecular weight excluding hydrogens is 243 g/mol. The number of amides is 1. The summed E-state index contributed by atoms with van der Waals surface area (Å²) < 4.78 is 36.6. The van der Waals surface area contributed by atoms with Crippen molar-refractivity contribution in [3.63, 3.8) is 0 Å². The van der Waals surface area contributed by atoms with Crippen molar-refractivity contribution in [1.29, 1.82) is 0 Å². The Morgan fingerprint density at radius 1 is 1.28 bits per heavy atom. The van der Waals surface area contributed by atoms with Crippen LogP contribution in [-0.2, 0) is 6.54 Å². The van der Waals surface area contributed by atoms with Crippen LogP contribution in [0.5, 0.6) is 0 Å². The van der Waals surface area contributed by atoms with Gasteiger partial charge in [-0.15, -0.1) is 0 Å². The third-order valence-corrected chi connectivity index (χ3v) is 2.51. The molecule has 0 radical (unpaired) electrons. The van der Waals surface area contributed by atoms with Gasteiger partial charge in [-0.3, -0.25) is 4.79 Å². The Morgan fingerprint density at radius 2 is 1.89 bits per heavy atom. The van der Waals surface area contributed by atoms with Crippen molar-refractivity contribution in [2.24, 2.45) is 0 Å². The van der Waals surface area contributed by atoms with Gasteiger partial charge in [0, 0.05) is 12.1 Å². The standard InChI is InChI=1S/C11H10F3NO.C2H6/c1-7-2-3-9-8(4-7)5-15(10(9)16)6-11(12,13)14;1-2/h2-4H,5-6H2,1H3;1-2H3. The van der Waals surface area contributed by atoms with Gasteiger partial charge in [-0.25, -0.2) is 0 Å². The number of carbonyl (C=O) groups excluding carboxylic acids is 1. The quantitative estimate of drug-likeness (QED) is 0.755. The van der Waals surface area contributed by atoms with E-state index >= 15 is 0 Å². The van der Waals surface area contributed by atoms with Crippen LogP contribution in [0.4, 0.5) is 13.2 Å². The summed E-state index contributed by atoms with van der Waals surface area (Å²) in [5, 5.41) is 0. The summed E-state index contributed by atoms with van der Waals surface area (Å²) in [6, 6.07) is 5.07. The van der Waals surface area contributed by atoms with Crippen molar-refractivity contribution < 1.29 is 18.0 Å². The van der Waals surface area contributed by atoms with Crippen LogP contribution in [0.2, 0.25) is 0 Å². The van der Waals surface area contributed by atoms with Crippen LogP contribution in [0.25, 0.3) is 0 Å². The van der Waals surface area contributed by atoms with Gasteiger partial charge < -0.3 is 4.90 Å². The first-order valence-corrected chi connectivity index (χ1v) is 5.82. The van der Waals surface area contributed by atoms with Gasteiger partial charge in [0.1, 0.15) is 6.54 Å². The molecule has 0 bridgehead atoms. The van der Waals surface area contributed by atoms with E-state index in [4.69, 9.17) is 0 Å². The van der Waals surface area contributed by atoms with Gasteiger partial charge in [0.2, 0.25) is 0 Å². The third-order valence-electron chi connectivity index (χ3n) is 2.51. The Labute approximate surface area is 104 Å². The van der Waals surface area contributed by atoms with E-state index in [0.717, 1.165) is 10.5 Å². The minimum Gasteiger partial charge on any atom is -0.325 e. The lowest BCUT2D eigenvalue weighted by molar-refractivity contribution is -0.140. The van der Waals surface area contributed by atoms with E-state index in [1.807, 2.05) is 20.8 Å². The number of hydrogen-bond donors (Lipinski definition) is 0. The van der Waals surface area contributed by atoms with Gasteiger partial charge in [0.15, 0.2) is 0 Å². The zero-order chi connectivity index (χ0) is 13.9. The Hall–Kier alpha value is -1.52. The largest absolute Gasteiger partial charge is 0.406 e. The molecule has 0 unspecified atom stereocenters. The van der Waals surface area contributed by atoms with Crippen LogP contribution in [-0.4, -0.2) is 23.5 Å². The average molecular weight is 259 g/mol. The Kier molecular flexibility index (Phi) is 4.38. The lowest BCUT2D eigenvalue weighted by atomic mass is 10.1. The lowest BCUT2D eigenvalue weighted by Gasteiger charge is -2.17. The van der Waals surface area contributed by atoms with E-state index in [2.05, 4.69) is 0 Å². The summed E-state index contributed by atoms with van der Waals surface area (Å²) in [4.78, 5) is 12.4. The molecule has 1 heterocycles. The molecule has 0 fully saturated rings. The molecule has 5 heteroatoms. The van der Waals surface area contributed by atoms with E-state index in [1.54, 1.807) is 18.2 Å². The maximum Gasteiger partial charge on any atom is 0.406 e. The highest BCUT2D eigenvalue weighted by Crippen LogP contribution is 2.27. The highest BCUT2D eigenvalue weighted by molar-refractivity contribution is 5.98. The number of fused-ring (bicyclic) bond motifs is 1. The molecule has 0 saturated heterocycles. The van der Waals surface area contributed by atoms with Crippen LogP contribution in [0, 0.1) is 6.92 Å². The summed E-state index contributed by atoms with van der Waals surface area (Å²) in [6.45, 7) is 4.71. The van der Waals surface area contributed by atoms with Crippen LogP contribution < -0.4 is 0 Å². The fourth-order valence-corrected chi connectivity index (χ4v) is 1.85. The summed E-state index contributed by atoms with van der Waals surface area (Å²) in [5.74, 6) is -0.535. The minimum absolute atomic E-state index is 0.0509. The number of nitrogens with zero attached hydrogens (tertiary/aromatic N) is 1. The van der Waals surface area contributed by atoms with Crippen molar-refractivity contribution in [2.75, 3.05) is 6.54 Å². The molecule has 2 nitrogen and oxygen atoms in total. The van der Waals surface area contributed by atoms with Crippen LogP contribution >= 0.6 is 0 Å². The molecule has 1 aliphatic rings. The van der Waals surface area contributed by atoms with Crippen molar-refractivity contribution >= 4 is 5.91 Å². The topological polar surface area (TPSA) is 20.3 Å². The molecular formula is C13H16F3NO. The molecule has 0 saturated carbocycles. The first-order valence-electron chi connectivity index (χ1n) is 5.82. The maximum atomic E-state index is 12.2. The van der Waals surface area contributed by atoms with Gasteiger partial charge >= 0.3 is 6.18 Å². The van der Waals surface area contributed by atoms with Gasteiger partial charge in [-0.1, -0.05) is 31.5 Å². The second-order valence-electron chi connectivity index (χ2n) is 3.94. The molecule has 2 rings (SSSR count). The van der Waals surface area contributed by atoms with Crippen LogP contribution in [0.1, 0.15) is 35.3 Å². The third kappa shape index (κ3) is 3.24. The van der Waals surface area contributed by atoms with Gasteiger partial charge in [-0.05, 0) is 18.6 Å². The molecule has 0 aliphatic carbocycles. The number of halogens is 3. The fourth-order valence-electron chi connectivity index (χ4n) is 1.85. The molecule has 100 valence electrons. The first-order chi connectivity index (χ1) is 8.37. The van der Waals surface area contributed by atoms with E-state index in [9.17, 15) is 18.0 Å². The maximum absolute atomic E-state index is 12.2. The van der Waals surface area contributed by atoms with Crippen molar-refractivity contribution in [3.05, 3.63) is 34.9 Å². The summed E-state index contributed by atoms with van der Waals surface area (Å²) >= 11 is 0. The van der Waals surface area contributed by atoms with Gasteiger partial charge in [0.05, 0.1) is 0 Å². The van der Waals surface area contributed by atoms with Crippen molar-refractivity contribution in [1.82, 2.24) is 4.90 Å². The monoisotopic (exact) mass is 259 g/mol. The number of hydrogen-bond acceptors (Lipinski definition) is 1. The molecule has 0 atom stereocenters. The SMILES string of the molecule is CC.Cc1ccc2c(c1)CN(CC(F)(F)F)C2=O. The normalized spacial score (nSPS) is 14.1. The Balaban J connectivity index is 0.000000771. The molecule has 0 aromatic heterocycles. The number of benzene rings is 1. The summed E-state index contributed by atoms with van der Waals surface area (Å²) in [5.41, 5.74) is 2.00. The zero-order valence-corrected chi connectivity index (χ0v) is 10.6. The number of rotatable bonds is 1. The van der Waals surface area contributed by atoms with Crippen LogP contribution in [0.3, 0.4) is 0 Å². The molecule has 1 aliphatic heterocycles. The predicted molar refractivity (Wildman–Crippen MR) is 63.3 cm³/mol. The Bertz CT molecular complexity index is 440. The van der Waals surface area contributed by atoms with E-state index in [0.29, 0.717) is 11.1 Å². The summed E-state index contributed by atoms with van der Waals surface area (Å²) in [7, 11) is 0. The molecule has 1 aromatic rings. The fraction of sp³-hybridized carbons (Fsp3) is 0.462. The van der Waals surface area contributed by atoms with Crippen molar-refractivity contribution in [2.45, 2.75) is 33.5 Å². The average Bonchev–Trinajstić information content (AvgIpc) is 2.56. The second-order valence-corrected chi connectivity index (χ2v) is 3.94. The molecule has 1 amide bonds. The first kappa shape index (κ1) is 14.5. The molecule has 1 aromatic carbocycles. The van der Waals surface area contributed by atoms with Gasteiger partial charge in [0.25, 0.3) is 5.91 Å². The highest BCUT2D eigenvalue weighted by Gasteiger charge is 2.37.